The van der Waals surface area contributed by atoms with Crippen LogP contribution in [0.15, 0.2) is 33.0 Å². The highest BCUT2D eigenvalue weighted by Crippen LogP contribution is 2.41. The number of benzene rings is 2. The summed E-state index contributed by atoms with van der Waals surface area (Å²) in [5.41, 5.74) is 0.245. The topological polar surface area (TPSA) is 120 Å². The Bertz CT molecular complexity index is 1240. The van der Waals surface area contributed by atoms with Crippen molar-refractivity contribution in [2.24, 2.45) is 0 Å². The molecule has 0 unspecified atom stereocenters. The number of rotatable bonds is 6. The molecule has 0 atom stereocenters. The van der Waals surface area contributed by atoms with Gasteiger partial charge in [-0.2, -0.15) is 0 Å². The number of methoxy groups -OCH3 is 1. The first kappa shape index (κ1) is 22.5. The molecule has 0 bridgehead atoms. The summed E-state index contributed by atoms with van der Waals surface area (Å²) >= 11 is 0. The molecule has 166 valence electrons. The van der Waals surface area contributed by atoms with E-state index in [-0.39, 0.29) is 63.3 Å². The summed E-state index contributed by atoms with van der Waals surface area (Å²) in [4.78, 5) is 13.5. The molecular formula is C24H28O7. The highest BCUT2D eigenvalue weighted by atomic mass is 16.5. The average Bonchev–Trinajstić information content (AvgIpc) is 2.64. The Morgan fingerprint density at radius 2 is 1.68 bits per heavy atom. The number of phenolic OH excluding ortho intramolecular Hbond substituents is 3. The Balaban J connectivity index is 2.38. The van der Waals surface area contributed by atoms with E-state index in [0.29, 0.717) is 12.0 Å². The van der Waals surface area contributed by atoms with Gasteiger partial charge in [-0.1, -0.05) is 11.6 Å². The van der Waals surface area contributed by atoms with Crippen LogP contribution < -0.4 is 10.2 Å². The summed E-state index contributed by atoms with van der Waals surface area (Å²) in [5, 5.41) is 41.8. The molecule has 1 aromatic heterocycles. The number of ether oxygens (including phenoxy) is 1. The van der Waals surface area contributed by atoms with E-state index in [1.165, 1.54) is 19.2 Å². The first-order valence-corrected chi connectivity index (χ1v) is 10.0. The van der Waals surface area contributed by atoms with Crippen molar-refractivity contribution in [1.29, 1.82) is 0 Å². The zero-order valence-electron chi connectivity index (χ0n) is 18.4. The number of hydrogen-bond acceptors (Lipinski definition) is 7. The van der Waals surface area contributed by atoms with Gasteiger partial charge in [-0.3, -0.25) is 4.79 Å². The van der Waals surface area contributed by atoms with Crippen LogP contribution in [0.1, 0.15) is 45.2 Å². The fraction of sp³-hybridized carbons (Fsp3) is 0.375. The highest BCUT2D eigenvalue weighted by molar-refractivity contribution is 5.97. The summed E-state index contributed by atoms with van der Waals surface area (Å²) in [7, 11) is 1.40. The van der Waals surface area contributed by atoms with E-state index in [2.05, 4.69) is 0 Å². The Labute approximate surface area is 179 Å². The van der Waals surface area contributed by atoms with Crippen molar-refractivity contribution in [3.05, 3.63) is 45.1 Å². The Morgan fingerprint density at radius 3 is 2.26 bits per heavy atom. The minimum Gasteiger partial charge on any atom is -0.507 e. The number of allylic oxidation sites excluding steroid dienone is 2. The van der Waals surface area contributed by atoms with E-state index < -0.39 is 11.0 Å². The summed E-state index contributed by atoms with van der Waals surface area (Å²) in [6.07, 6.45) is 2.65. The third kappa shape index (κ3) is 4.32. The molecule has 0 saturated carbocycles. The molecule has 0 spiro atoms. The fourth-order valence-electron chi connectivity index (χ4n) is 3.63. The second kappa shape index (κ2) is 8.15. The number of fused-ring (bicyclic) bond motifs is 2. The fourth-order valence-corrected chi connectivity index (χ4v) is 3.63. The van der Waals surface area contributed by atoms with Crippen molar-refractivity contribution in [1.82, 2.24) is 0 Å². The third-order valence-corrected chi connectivity index (χ3v) is 5.25. The molecule has 3 rings (SSSR count). The molecule has 2 aromatic carbocycles. The SMILES string of the molecule is COc1c(O)cc2oc3cc(O)c(CCC(C)(C)O)c(O)c3c(=O)c2c1CC=C(C)C. The maximum atomic E-state index is 13.5. The number of hydrogen-bond donors (Lipinski definition) is 4. The van der Waals surface area contributed by atoms with Crippen LogP contribution in [0.25, 0.3) is 21.9 Å². The lowest BCUT2D eigenvalue weighted by Gasteiger charge is -2.18. The predicted octanol–water partition coefficient (Wildman–Crippen LogP) is 4.28. The lowest BCUT2D eigenvalue weighted by atomic mass is 9.95. The number of aromatic hydroxyl groups is 3. The van der Waals surface area contributed by atoms with Gasteiger partial charge >= 0.3 is 0 Å². The van der Waals surface area contributed by atoms with Crippen molar-refractivity contribution in [3.63, 3.8) is 0 Å². The van der Waals surface area contributed by atoms with Gasteiger partial charge in [0.05, 0.1) is 18.1 Å². The van der Waals surface area contributed by atoms with Gasteiger partial charge in [-0.25, -0.2) is 0 Å². The maximum Gasteiger partial charge on any atom is 0.204 e. The minimum atomic E-state index is -1.01. The lowest BCUT2D eigenvalue weighted by Crippen LogP contribution is -2.19. The first-order valence-electron chi connectivity index (χ1n) is 10.0. The van der Waals surface area contributed by atoms with Gasteiger partial charge < -0.3 is 29.6 Å². The molecule has 0 fully saturated rings. The monoisotopic (exact) mass is 428 g/mol. The van der Waals surface area contributed by atoms with Gasteiger partial charge in [0.2, 0.25) is 5.43 Å². The maximum absolute atomic E-state index is 13.5. The lowest BCUT2D eigenvalue weighted by molar-refractivity contribution is 0.0711. The second-order valence-electron chi connectivity index (χ2n) is 8.61. The van der Waals surface area contributed by atoms with Gasteiger partial charge in [-0.15, -0.1) is 0 Å². The van der Waals surface area contributed by atoms with Crippen LogP contribution in [-0.4, -0.2) is 33.1 Å². The zero-order chi connectivity index (χ0) is 23.1. The molecule has 1 heterocycles. The standard InChI is InChI=1S/C24H28O7/c1-12(2)6-7-14-19-17(11-16(26)23(14)30-5)31-18-10-15(25)13(8-9-24(3,4)29)21(27)20(18)22(19)28/h6,10-11,25-27,29H,7-9H2,1-5H3. The molecule has 0 saturated heterocycles. The van der Waals surface area contributed by atoms with E-state index in [4.69, 9.17) is 9.15 Å². The smallest absolute Gasteiger partial charge is 0.204 e. The van der Waals surface area contributed by atoms with Crippen LogP contribution in [0.3, 0.4) is 0 Å². The predicted molar refractivity (Wildman–Crippen MR) is 119 cm³/mol. The molecule has 0 aliphatic heterocycles. The van der Waals surface area contributed by atoms with Gasteiger partial charge in [-0.05, 0) is 47.0 Å². The Morgan fingerprint density at radius 1 is 1.06 bits per heavy atom. The first-order chi connectivity index (χ1) is 14.4. The van der Waals surface area contributed by atoms with E-state index in [1.807, 2.05) is 19.9 Å². The van der Waals surface area contributed by atoms with Crippen LogP contribution in [0, 0.1) is 0 Å². The van der Waals surface area contributed by atoms with E-state index in [9.17, 15) is 25.2 Å². The van der Waals surface area contributed by atoms with Crippen LogP contribution in [0.2, 0.25) is 0 Å². The Kier molecular flexibility index (Phi) is 5.91. The summed E-state index contributed by atoms with van der Waals surface area (Å²) < 4.78 is 11.2. The van der Waals surface area contributed by atoms with Crippen LogP contribution in [-0.2, 0) is 12.8 Å². The molecule has 7 nitrogen and oxygen atoms in total. The van der Waals surface area contributed by atoms with Gasteiger partial charge in [0.25, 0.3) is 0 Å². The zero-order valence-corrected chi connectivity index (χ0v) is 18.4. The van der Waals surface area contributed by atoms with Gasteiger partial charge in [0.1, 0.15) is 28.1 Å². The third-order valence-electron chi connectivity index (χ3n) is 5.25. The van der Waals surface area contributed by atoms with Crippen molar-refractivity contribution >= 4 is 21.9 Å². The molecule has 0 aliphatic carbocycles. The quantitative estimate of drug-likeness (QED) is 0.341. The van der Waals surface area contributed by atoms with Crippen LogP contribution >= 0.6 is 0 Å². The molecular weight excluding hydrogens is 400 g/mol. The van der Waals surface area contributed by atoms with E-state index >= 15 is 0 Å². The van der Waals surface area contributed by atoms with Crippen molar-refractivity contribution in [3.8, 4) is 23.0 Å². The van der Waals surface area contributed by atoms with Gasteiger partial charge in [0.15, 0.2) is 11.5 Å². The normalized spacial score (nSPS) is 11.8. The minimum absolute atomic E-state index is 0.00256. The summed E-state index contributed by atoms with van der Waals surface area (Å²) in [6.45, 7) is 7.08. The molecule has 7 heteroatoms. The molecule has 31 heavy (non-hydrogen) atoms. The summed E-state index contributed by atoms with van der Waals surface area (Å²) in [6, 6.07) is 2.56. The average molecular weight is 428 g/mol. The largest absolute Gasteiger partial charge is 0.507 e. The van der Waals surface area contributed by atoms with Gasteiger partial charge in [0, 0.05) is 23.3 Å². The van der Waals surface area contributed by atoms with Crippen molar-refractivity contribution in [2.45, 2.75) is 52.6 Å². The molecule has 0 radical (unpaired) electrons. The molecule has 3 aromatic rings. The van der Waals surface area contributed by atoms with Crippen molar-refractivity contribution in [2.75, 3.05) is 7.11 Å². The summed E-state index contributed by atoms with van der Waals surface area (Å²) in [5.74, 6) is -0.628. The highest BCUT2D eigenvalue weighted by Gasteiger charge is 2.24. The van der Waals surface area contributed by atoms with Crippen molar-refractivity contribution < 1.29 is 29.6 Å². The second-order valence-corrected chi connectivity index (χ2v) is 8.61. The van der Waals surface area contributed by atoms with E-state index in [1.54, 1.807) is 13.8 Å². The molecule has 4 N–H and O–H groups in total. The number of phenols is 3. The Hall–Kier alpha value is -3.19. The van der Waals surface area contributed by atoms with Crippen LogP contribution in [0.5, 0.6) is 23.0 Å². The molecule has 0 aliphatic rings. The molecule has 0 amide bonds. The number of aliphatic hydroxyl groups is 1. The van der Waals surface area contributed by atoms with E-state index in [0.717, 1.165) is 5.57 Å². The van der Waals surface area contributed by atoms with Crippen LogP contribution in [0.4, 0.5) is 0 Å².